The van der Waals surface area contributed by atoms with Crippen LogP contribution in [0.5, 0.6) is 5.75 Å². The molecular weight excluding hydrogens is 418 g/mol. The van der Waals surface area contributed by atoms with Gasteiger partial charge in [0, 0.05) is 0 Å². The third-order valence-corrected chi connectivity index (χ3v) is 7.83. The average Bonchev–Trinajstić information content (AvgIpc) is 2.81. The van der Waals surface area contributed by atoms with Gasteiger partial charge in [0.2, 0.25) is 9.84 Å². The third-order valence-electron chi connectivity index (χ3n) is 5.90. The molecule has 2 aromatic rings. The summed E-state index contributed by atoms with van der Waals surface area (Å²) in [6, 6.07) is 14.2. The van der Waals surface area contributed by atoms with Crippen molar-refractivity contribution in [1.82, 2.24) is 0 Å². The Balaban J connectivity index is 2.02. The maximum atomic E-state index is 13.5. The molecule has 0 atom stereocenters. The lowest BCUT2D eigenvalue weighted by atomic mass is 10.0. The number of nitriles is 1. The van der Waals surface area contributed by atoms with Crippen LogP contribution in [-0.4, -0.2) is 15.5 Å². The van der Waals surface area contributed by atoms with Gasteiger partial charge in [0.25, 0.3) is 0 Å². The highest BCUT2D eigenvalue weighted by Crippen LogP contribution is 2.31. The van der Waals surface area contributed by atoms with E-state index in [0.29, 0.717) is 16.2 Å². The Morgan fingerprint density at radius 2 is 1.44 bits per heavy atom. The first-order valence-corrected chi connectivity index (χ1v) is 13.4. The zero-order valence-corrected chi connectivity index (χ0v) is 20.4. The van der Waals surface area contributed by atoms with Gasteiger partial charge in [-0.3, -0.25) is 0 Å². The van der Waals surface area contributed by atoms with Crippen LogP contribution in [0.4, 0.5) is 0 Å². The van der Waals surface area contributed by atoms with Crippen molar-refractivity contribution in [1.29, 1.82) is 5.26 Å². The molecule has 2 aromatic carbocycles. The smallest absolute Gasteiger partial charge is 0.207 e. The number of hydrogen-bond acceptors (Lipinski definition) is 4. The molecule has 5 heteroatoms. The molecule has 0 saturated heterocycles. The van der Waals surface area contributed by atoms with Crippen molar-refractivity contribution < 1.29 is 13.2 Å². The quantitative estimate of drug-likeness (QED) is 0.270. The van der Waals surface area contributed by atoms with Crippen molar-refractivity contribution in [2.45, 2.75) is 93.8 Å². The number of nitrogens with zero attached hydrogens (tertiary/aromatic N) is 1. The summed E-state index contributed by atoms with van der Waals surface area (Å²) in [6.45, 7) is 2.24. The molecule has 32 heavy (non-hydrogen) atoms. The molecule has 0 radical (unpaired) electrons. The Morgan fingerprint density at radius 3 is 2.06 bits per heavy atom. The largest absolute Gasteiger partial charge is 0.497 e. The van der Waals surface area contributed by atoms with Gasteiger partial charge in [-0.05, 0) is 42.2 Å². The van der Waals surface area contributed by atoms with Crippen LogP contribution < -0.4 is 4.74 Å². The van der Waals surface area contributed by atoms with Crippen molar-refractivity contribution in [2.24, 2.45) is 0 Å². The number of methoxy groups -OCH3 is 1. The van der Waals surface area contributed by atoms with E-state index in [9.17, 15) is 8.42 Å². The lowest BCUT2D eigenvalue weighted by molar-refractivity contribution is 0.413. The van der Waals surface area contributed by atoms with Crippen molar-refractivity contribution in [3.63, 3.8) is 0 Å². The highest BCUT2D eigenvalue weighted by Gasteiger charge is 2.24. The molecule has 0 unspecified atom stereocenters. The molecule has 0 aliphatic carbocycles. The zero-order valence-electron chi connectivity index (χ0n) is 19.6. The molecule has 0 bridgehead atoms. The lowest BCUT2D eigenvalue weighted by Crippen LogP contribution is -2.09. The Kier molecular flexibility index (Phi) is 11.3. The highest BCUT2D eigenvalue weighted by atomic mass is 32.2. The van der Waals surface area contributed by atoms with Crippen LogP contribution in [0.25, 0.3) is 0 Å². The Hall–Kier alpha value is -2.32. The van der Waals surface area contributed by atoms with E-state index in [0.717, 1.165) is 24.8 Å². The Bertz CT molecular complexity index is 977. The molecule has 0 aliphatic rings. The molecule has 0 saturated carbocycles. The number of benzene rings is 2. The van der Waals surface area contributed by atoms with E-state index in [1.807, 2.05) is 12.1 Å². The summed E-state index contributed by atoms with van der Waals surface area (Å²) >= 11 is 0. The minimum absolute atomic E-state index is 0.0408. The molecule has 0 aliphatic heterocycles. The standard InChI is InChI=1S/C27H37NO3S/c1-3-4-5-6-7-8-9-10-11-12-15-23-16-13-14-17-26(23)32(29,30)27-22-25(31-2)19-18-24(27)20-21-28/h13-14,16-19,22H,3-12,15,20H2,1-2H3. The molecule has 174 valence electrons. The van der Waals surface area contributed by atoms with E-state index in [1.165, 1.54) is 64.5 Å². The topological polar surface area (TPSA) is 67.2 Å². The number of ether oxygens (including phenoxy) is 1. The molecular formula is C27H37NO3S. The molecule has 0 aromatic heterocycles. The average molecular weight is 456 g/mol. The molecule has 2 rings (SSSR count). The molecule has 0 N–H and O–H groups in total. The number of sulfone groups is 1. The van der Waals surface area contributed by atoms with E-state index in [2.05, 4.69) is 13.0 Å². The molecule has 0 spiro atoms. The second kappa shape index (κ2) is 14.0. The number of hydrogen-bond donors (Lipinski definition) is 0. The molecule has 0 fully saturated rings. The predicted molar refractivity (Wildman–Crippen MR) is 130 cm³/mol. The second-order valence-corrected chi connectivity index (χ2v) is 10.2. The summed E-state index contributed by atoms with van der Waals surface area (Å²) in [6.07, 6.45) is 13.3. The Morgan fingerprint density at radius 1 is 0.812 bits per heavy atom. The van der Waals surface area contributed by atoms with Gasteiger partial charge < -0.3 is 4.74 Å². The fourth-order valence-corrected chi connectivity index (χ4v) is 5.80. The van der Waals surface area contributed by atoms with Gasteiger partial charge in [-0.2, -0.15) is 5.26 Å². The summed E-state index contributed by atoms with van der Waals surface area (Å²) in [4.78, 5) is 0.497. The number of rotatable bonds is 15. The summed E-state index contributed by atoms with van der Waals surface area (Å²) in [5.41, 5.74) is 1.35. The second-order valence-electron chi connectivity index (χ2n) is 8.35. The van der Waals surface area contributed by atoms with Crippen molar-refractivity contribution in [2.75, 3.05) is 7.11 Å². The molecule has 0 heterocycles. The van der Waals surface area contributed by atoms with Gasteiger partial charge in [0.15, 0.2) is 0 Å². The third kappa shape index (κ3) is 7.67. The summed E-state index contributed by atoms with van der Waals surface area (Å²) in [5.74, 6) is 0.470. The van der Waals surface area contributed by atoms with Crippen LogP contribution in [0.1, 0.15) is 82.3 Å². The van der Waals surface area contributed by atoms with Gasteiger partial charge in [-0.25, -0.2) is 8.42 Å². The first-order valence-electron chi connectivity index (χ1n) is 11.9. The summed E-state index contributed by atoms with van der Waals surface area (Å²) < 4.78 is 32.3. The minimum Gasteiger partial charge on any atom is -0.497 e. The first-order chi connectivity index (χ1) is 15.5. The molecule has 0 amide bonds. The normalized spacial score (nSPS) is 11.3. The van der Waals surface area contributed by atoms with Crippen LogP contribution >= 0.6 is 0 Å². The van der Waals surface area contributed by atoms with Gasteiger partial charge in [-0.1, -0.05) is 89.0 Å². The fourth-order valence-electron chi connectivity index (χ4n) is 4.04. The number of aryl methyl sites for hydroxylation is 1. The van der Waals surface area contributed by atoms with Crippen LogP contribution in [0.2, 0.25) is 0 Å². The monoisotopic (exact) mass is 455 g/mol. The zero-order chi connectivity index (χ0) is 23.2. The van der Waals surface area contributed by atoms with E-state index >= 15 is 0 Å². The molecule has 4 nitrogen and oxygen atoms in total. The Labute approximate surface area is 194 Å². The lowest BCUT2D eigenvalue weighted by Gasteiger charge is -2.14. The predicted octanol–water partition coefficient (Wildman–Crippen LogP) is 7.06. The van der Waals surface area contributed by atoms with E-state index in [4.69, 9.17) is 10.00 Å². The van der Waals surface area contributed by atoms with Crippen molar-refractivity contribution >= 4 is 9.84 Å². The van der Waals surface area contributed by atoms with Gasteiger partial charge in [0.05, 0.1) is 29.4 Å². The minimum atomic E-state index is -3.75. The van der Waals surface area contributed by atoms with Gasteiger partial charge in [-0.15, -0.1) is 0 Å². The SMILES string of the molecule is CCCCCCCCCCCCc1ccccc1S(=O)(=O)c1cc(OC)ccc1CC#N. The highest BCUT2D eigenvalue weighted by molar-refractivity contribution is 7.91. The number of unbranched alkanes of at least 4 members (excludes halogenated alkanes) is 9. The first kappa shape index (κ1) is 25.9. The maximum Gasteiger partial charge on any atom is 0.207 e. The van der Waals surface area contributed by atoms with Crippen LogP contribution in [0.3, 0.4) is 0 Å². The van der Waals surface area contributed by atoms with Gasteiger partial charge in [0.1, 0.15) is 5.75 Å². The van der Waals surface area contributed by atoms with Crippen LogP contribution in [0, 0.1) is 11.3 Å². The van der Waals surface area contributed by atoms with Crippen LogP contribution in [0.15, 0.2) is 52.3 Å². The van der Waals surface area contributed by atoms with Gasteiger partial charge >= 0.3 is 0 Å². The van der Waals surface area contributed by atoms with Crippen LogP contribution in [-0.2, 0) is 22.7 Å². The van der Waals surface area contributed by atoms with Crippen molar-refractivity contribution in [3.8, 4) is 11.8 Å². The fraction of sp³-hybridized carbons (Fsp3) is 0.519. The van der Waals surface area contributed by atoms with E-state index < -0.39 is 9.84 Å². The van der Waals surface area contributed by atoms with E-state index in [1.54, 1.807) is 24.3 Å². The van der Waals surface area contributed by atoms with Crippen molar-refractivity contribution in [3.05, 3.63) is 53.6 Å². The summed E-state index contributed by atoms with van der Waals surface area (Å²) in [5, 5.41) is 9.14. The summed E-state index contributed by atoms with van der Waals surface area (Å²) in [7, 11) is -2.24. The maximum absolute atomic E-state index is 13.5. The van der Waals surface area contributed by atoms with E-state index in [-0.39, 0.29) is 11.3 Å².